The first-order chi connectivity index (χ1) is 13.6. The Morgan fingerprint density at radius 3 is 2.36 bits per heavy atom. The number of hydrogen-bond acceptors (Lipinski definition) is 6. The van der Waals surface area contributed by atoms with Crippen molar-refractivity contribution in [1.82, 2.24) is 9.96 Å². The van der Waals surface area contributed by atoms with Crippen LogP contribution in [-0.4, -0.2) is 61.1 Å². The summed E-state index contributed by atoms with van der Waals surface area (Å²) in [5.41, 5.74) is 1.30. The van der Waals surface area contributed by atoms with Crippen LogP contribution in [0.15, 0.2) is 11.4 Å². The van der Waals surface area contributed by atoms with Gasteiger partial charge in [-0.15, -0.1) is 11.3 Å². The van der Waals surface area contributed by atoms with E-state index in [1.54, 1.807) is 0 Å². The van der Waals surface area contributed by atoms with Gasteiger partial charge in [0.05, 0.1) is 11.6 Å². The summed E-state index contributed by atoms with van der Waals surface area (Å²) in [4.78, 5) is 35.3. The Morgan fingerprint density at radius 2 is 1.75 bits per heavy atom. The monoisotopic (exact) mass is 405 g/mol. The number of carbonyl (C=O) groups is 2. The van der Waals surface area contributed by atoms with Crippen molar-refractivity contribution in [2.75, 3.05) is 44.2 Å². The van der Waals surface area contributed by atoms with E-state index >= 15 is 0 Å². The molecule has 1 aromatic heterocycles. The fraction of sp³-hybridized carbons (Fsp3) is 0.714. The van der Waals surface area contributed by atoms with Crippen LogP contribution in [0.5, 0.6) is 0 Å². The SMILES string of the molecule is Cc1ccsc1N1CCN(CCCON2C(=O)CC3(CCCC3)CC2=O)CC1. The third-order valence-corrected chi connectivity index (χ3v) is 7.58. The highest BCUT2D eigenvalue weighted by atomic mass is 32.1. The predicted molar refractivity (Wildman–Crippen MR) is 110 cm³/mol. The number of hydrogen-bond donors (Lipinski definition) is 0. The van der Waals surface area contributed by atoms with E-state index in [0.29, 0.717) is 19.4 Å². The van der Waals surface area contributed by atoms with Crippen molar-refractivity contribution >= 4 is 28.2 Å². The Balaban J connectivity index is 1.16. The molecule has 2 saturated heterocycles. The van der Waals surface area contributed by atoms with E-state index in [1.807, 2.05) is 11.3 Å². The topological polar surface area (TPSA) is 53.1 Å². The Morgan fingerprint density at radius 1 is 1.07 bits per heavy atom. The van der Waals surface area contributed by atoms with Gasteiger partial charge >= 0.3 is 0 Å². The second-order valence-corrected chi connectivity index (χ2v) is 9.46. The van der Waals surface area contributed by atoms with Gasteiger partial charge in [0.2, 0.25) is 0 Å². The number of anilines is 1. The number of piperazine rings is 1. The third-order valence-electron chi connectivity index (χ3n) is 6.50. The third kappa shape index (κ3) is 4.26. The molecule has 1 aromatic rings. The molecule has 0 N–H and O–H groups in total. The molecule has 3 heterocycles. The Kier molecular flexibility index (Phi) is 6.04. The molecule has 0 atom stereocenters. The van der Waals surface area contributed by atoms with E-state index in [0.717, 1.165) is 69.9 Å². The molecule has 6 nitrogen and oxygen atoms in total. The van der Waals surface area contributed by atoms with Crippen LogP contribution in [0.1, 0.15) is 50.5 Å². The molecule has 0 radical (unpaired) electrons. The normalized spacial score (nSPS) is 23.2. The van der Waals surface area contributed by atoms with Gasteiger partial charge in [-0.05, 0) is 48.6 Å². The molecule has 0 unspecified atom stereocenters. The molecule has 0 bridgehead atoms. The van der Waals surface area contributed by atoms with Gasteiger partial charge in [0.15, 0.2) is 0 Å². The number of thiophene rings is 1. The van der Waals surface area contributed by atoms with Crippen LogP contribution in [0.2, 0.25) is 0 Å². The van der Waals surface area contributed by atoms with Crippen molar-refractivity contribution in [2.24, 2.45) is 5.41 Å². The van der Waals surface area contributed by atoms with E-state index in [-0.39, 0.29) is 17.2 Å². The molecule has 1 spiro atoms. The lowest BCUT2D eigenvalue weighted by molar-refractivity contribution is -0.205. The first-order valence-electron chi connectivity index (χ1n) is 10.6. The minimum atomic E-state index is -0.141. The predicted octanol–water partition coefficient (Wildman–Crippen LogP) is 3.21. The number of carbonyl (C=O) groups excluding carboxylic acids is 2. The molecular weight excluding hydrogens is 374 g/mol. The number of nitrogens with zero attached hydrogens (tertiary/aromatic N) is 3. The highest BCUT2D eigenvalue weighted by molar-refractivity contribution is 7.14. The maximum atomic E-state index is 12.4. The van der Waals surface area contributed by atoms with Crippen LogP contribution in [-0.2, 0) is 14.4 Å². The number of amides is 2. The van der Waals surface area contributed by atoms with Crippen molar-refractivity contribution in [2.45, 2.75) is 51.9 Å². The zero-order valence-corrected chi connectivity index (χ0v) is 17.6. The Hall–Kier alpha value is -1.44. The molecule has 1 aliphatic carbocycles. The lowest BCUT2D eigenvalue weighted by Crippen LogP contribution is -2.48. The molecule has 3 aliphatic rings. The Bertz CT molecular complexity index is 686. The number of aryl methyl sites for hydroxylation is 1. The molecule has 1 saturated carbocycles. The van der Waals surface area contributed by atoms with E-state index in [4.69, 9.17) is 4.84 Å². The lowest BCUT2D eigenvalue weighted by atomic mass is 9.77. The summed E-state index contributed by atoms with van der Waals surface area (Å²) in [6.45, 7) is 7.73. The highest BCUT2D eigenvalue weighted by Crippen LogP contribution is 2.46. The number of imide groups is 1. The zero-order chi connectivity index (χ0) is 19.6. The van der Waals surface area contributed by atoms with Gasteiger partial charge in [-0.3, -0.25) is 19.3 Å². The number of hydroxylamine groups is 2. The molecule has 2 amide bonds. The molecule has 0 aromatic carbocycles. The maximum absolute atomic E-state index is 12.4. The van der Waals surface area contributed by atoms with E-state index in [2.05, 4.69) is 28.2 Å². The summed E-state index contributed by atoms with van der Waals surface area (Å²) in [7, 11) is 0. The van der Waals surface area contributed by atoms with Gasteiger partial charge in [0.25, 0.3) is 11.8 Å². The quantitative estimate of drug-likeness (QED) is 0.537. The van der Waals surface area contributed by atoms with Crippen LogP contribution < -0.4 is 4.90 Å². The van der Waals surface area contributed by atoms with E-state index in [1.165, 1.54) is 10.6 Å². The van der Waals surface area contributed by atoms with Crippen molar-refractivity contribution in [3.63, 3.8) is 0 Å². The van der Waals surface area contributed by atoms with Crippen LogP contribution in [0.4, 0.5) is 5.00 Å². The highest BCUT2D eigenvalue weighted by Gasteiger charge is 2.45. The molecule has 3 fully saturated rings. The van der Waals surface area contributed by atoms with Gasteiger partial charge < -0.3 is 4.90 Å². The van der Waals surface area contributed by atoms with Gasteiger partial charge in [-0.2, -0.15) is 5.06 Å². The molecule has 154 valence electrons. The smallest absolute Gasteiger partial charge is 0.254 e. The summed E-state index contributed by atoms with van der Waals surface area (Å²) < 4.78 is 0. The van der Waals surface area contributed by atoms with Crippen LogP contribution in [0.3, 0.4) is 0 Å². The van der Waals surface area contributed by atoms with Gasteiger partial charge in [0, 0.05) is 45.6 Å². The summed E-state index contributed by atoms with van der Waals surface area (Å²) in [5.74, 6) is -0.281. The number of rotatable bonds is 6. The molecule has 2 aliphatic heterocycles. The maximum Gasteiger partial charge on any atom is 0.254 e. The van der Waals surface area contributed by atoms with Crippen molar-refractivity contribution in [3.8, 4) is 0 Å². The van der Waals surface area contributed by atoms with Crippen LogP contribution in [0.25, 0.3) is 0 Å². The van der Waals surface area contributed by atoms with Gasteiger partial charge in [-0.25, -0.2) is 0 Å². The first kappa shape index (κ1) is 19.9. The summed E-state index contributed by atoms with van der Waals surface area (Å²) >= 11 is 1.82. The van der Waals surface area contributed by atoms with E-state index < -0.39 is 0 Å². The Labute approximate surface area is 171 Å². The molecule has 7 heteroatoms. The summed E-state index contributed by atoms with van der Waals surface area (Å²) in [6.07, 6.45) is 6.08. The molecular formula is C21H31N3O3S. The largest absolute Gasteiger partial charge is 0.361 e. The molecule has 4 rings (SSSR count). The van der Waals surface area contributed by atoms with Gasteiger partial charge in [0.1, 0.15) is 0 Å². The second-order valence-electron chi connectivity index (χ2n) is 8.57. The average Bonchev–Trinajstić information content (AvgIpc) is 3.30. The fourth-order valence-corrected chi connectivity index (χ4v) is 5.90. The fourth-order valence-electron chi connectivity index (χ4n) is 4.92. The summed E-state index contributed by atoms with van der Waals surface area (Å²) in [6, 6.07) is 2.18. The van der Waals surface area contributed by atoms with Crippen molar-refractivity contribution in [1.29, 1.82) is 0 Å². The van der Waals surface area contributed by atoms with Crippen LogP contribution >= 0.6 is 11.3 Å². The average molecular weight is 406 g/mol. The lowest BCUT2D eigenvalue weighted by Gasteiger charge is -2.37. The zero-order valence-electron chi connectivity index (χ0n) is 16.8. The van der Waals surface area contributed by atoms with Crippen molar-refractivity contribution < 1.29 is 14.4 Å². The van der Waals surface area contributed by atoms with E-state index in [9.17, 15) is 9.59 Å². The van der Waals surface area contributed by atoms with Crippen LogP contribution in [0, 0.1) is 12.3 Å². The minimum absolute atomic E-state index is 0.0609. The second kappa shape index (κ2) is 8.51. The standard InChI is InChI=1S/C21H31N3O3S/c1-17-5-14-28-20(17)23-11-9-22(10-12-23)8-4-13-27-24-18(25)15-21(16-19(24)26)6-2-3-7-21/h5,14H,2-4,6-13,15-16H2,1H3. The number of piperidine rings is 1. The van der Waals surface area contributed by atoms with Crippen molar-refractivity contribution in [3.05, 3.63) is 17.0 Å². The summed E-state index contributed by atoms with van der Waals surface area (Å²) in [5, 5.41) is 4.61. The minimum Gasteiger partial charge on any atom is -0.361 e. The molecule has 28 heavy (non-hydrogen) atoms. The first-order valence-corrected chi connectivity index (χ1v) is 11.4. The van der Waals surface area contributed by atoms with Gasteiger partial charge in [-0.1, -0.05) is 12.8 Å².